The summed E-state index contributed by atoms with van der Waals surface area (Å²) in [5, 5.41) is 6.34. The molecule has 0 aliphatic carbocycles. The lowest BCUT2D eigenvalue weighted by atomic mass is 9.93. The smallest absolute Gasteiger partial charge is 0.287 e. The summed E-state index contributed by atoms with van der Waals surface area (Å²) < 4.78 is 5.80. The summed E-state index contributed by atoms with van der Waals surface area (Å²) in [7, 11) is 0. The molecule has 0 bridgehead atoms. The van der Waals surface area contributed by atoms with Gasteiger partial charge in [0.25, 0.3) is 5.91 Å². The highest BCUT2D eigenvalue weighted by Gasteiger charge is 2.22. The van der Waals surface area contributed by atoms with Gasteiger partial charge in [0.15, 0.2) is 10.4 Å². The van der Waals surface area contributed by atoms with Gasteiger partial charge in [0, 0.05) is 6.04 Å². The van der Waals surface area contributed by atoms with Crippen LogP contribution in [-0.2, 0) is 0 Å². The first-order valence-corrected chi connectivity index (χ1v) is 6.73. The third kappa shape index (κ3) is 3.33. The zero-order valence-electron chi connectivity index (χ0n) is 9.83. The molecule has 2 N–H and O–H groups in total. The minimum absolute atomic E-state index is 0.145. The van der Waals surface area contributed by atoms with Crippen LogP contribution in [0, 0.1) is 5.92 Å². The second kappa shape index (κ2) is 5.69. The van der Waals surface area contributed by atoms with Crippen LogP contribution in [0.1, 0.15) is 30.3 Å². The van der Waals surface area contributed by atoms with E-state index in [1.807, 2.05) is 6.92 Å². The molecule has 0 spiro atoms. The number of nitrogens with one attached hydrogen (secondary N) is 2. The largest absolute Gasteiger partial charge is 0.444 e. The summed E-state index contributed by atoms with van der Waals surface area (Å²) in [5.41, 5.74) is 0. The normalized spacial score (nSPS) is 22.1. The van der Waals surface area contributed by atoms with E-state index in [-0.39, 0.29) is 11.9 Å². The zero-order valence-corrected chi connectivity index (χ0v) is 11.4. The Morgan fingerprint density at radius 2 is 2.47 bits per heavy atom. The number of carbonyl (C=O) groups is 1. The fraction of sp³-hybridized carbons (Fsp3) is 0.583. The number of carbonyl (C=O) groups excluding carboxylic acids is 1. The molecule has 0 saturated carbocycles. The topological polar surface area (TPSA) is 54.3 Å². The maximum absolute atomic E-state index is 11.9. The summed E-state index contributed by atoms with van der Waals surface area (Å²) in [4.78, 5) is 11.9. The average molecular weight is 301 g/mol. The van der Waals surface area contributed by atoms with Crippen molar-refractivity contribution < 1.29 is 9.21 Å². The molecule has 1 saturated heterocycles. The van der Waals surface area contributed by atoms with E-state index < -0.39 is 0 Å². The predicted octanol–water partition coefficient (Wildman–Crippen LogP) is 2.16. The summed E-state index contributed by atoms with van der Waals surface area (Å²) >= 11 is 3.19. The third-order valence-electron chi connectivity index (χ3n) is 3.20. The lowest BCUT2D eigenvalue weighted by molar-refractivity contribution is 0.0892. The van der Waals surface area contributed by atoms with Crippen molar-refractivity contribution in [3.05, 3.63) is 22.6 Å². The predicted molar refractivity (Wildman–Crippen MR) is 68.9 cm³/mol. The van der Waals surface area contributed by atoms with Gasteiger partial charge in [-0.25, -0.2) is 0 Å². The molecular weight excluding hydrogens is 284 g/mol. The van der Waals surface area contributed by atoms with Gasteiger partial charge < -0.3 is 15.1 Å². The Bertz CT molecular complexity index is 386. The monoisotopic (exact) mass is 300 g/mol. The quantitative estimate of drug-likeness (QED) is 0.899. The fourth-order valence-electron chi connectivity index (χ4n) is 2.14. The number of halogens is 1. The number of hydrogen-bond acceptors (Lipinski definition) is 3. The Morgan fingerprint density at radius 1 is 1.65 bits per heavy atom. The van der Waals surface area contributed by atoms with Crippen LogP contribution >= 0.6 is 15.9 Å². The van der Waals surface area contributed by atoms with Gasteiger partial charge in [0.05, 0.1) is 0 Å². The highest BCUT2D eigenvalue weighted by Crippen LogP contribution is 2.17. The summed E-state index contributed by atoms with van der Waals surface area (Å²) in [6.45, 7) is 4.11. The minimum Gasteiger partial charge on any atom is -0.444 e. The lowest BCUT2D eigenvalue weighted by Crippen LogP contribution is -2.44. The molecule has 2 heterocycles. The van der Waals surface area contributed by atoms with Gasteiger partial charge in [-0.15, -0.1) is 0 Å². The Morgan fingerprint density at radius 3 is 3.06 bits per heavy atom. The van der Waals surface area contributed by atoms with Gasteiger partial charge in [-0.05, 0) is 66.8 Å². The molecular formula is C12H17BrN2O2. The number of hydrogen-bond donors (Lipinski definition) is 2. The van der Waals surface area contributed by atoms with Gasteiger partial charge in [0.1, 0.15) is 0 Å². The van der Waals surface area contributed by atoms with Crippen molar-refractivity contribution in [1.82, 2.24) is 10.6 Å². The van der Waals surface area contributed by atoms with E-state index in [9.17, 15) is 4.79 Å². The Balaban J connectivity index is 1.89. The van der Waals surface area contributed by atoms with Crippen molar-refractivity contribution >= 4 is 21.8 Å². The van der Waals surface area contributed by atoms with E-state index in [1.165, 1.54) is 6.42 Å². The summed E-state index contributed by atoms with van der Waals surface area (Å²) in [5.74, 6) is 0.715. The highest BCUT2D eigenvalue weighted by atomic mass is 79.9. The van der Waals surface area contributed by atoms with Gasteiger partial charge >= 0.3 is 0 Å². The van der Waals surface area contributed by atoms with Crippen molar-refractivity contribution in [3.63, 3.8) is 0 Å². The average Bonchev–Trinajstić information content (AvgIpc) is 2.77. The van der Waals surface area contributed by atoms with Crippen molar-refractivity contribution in [2.45, 2.75) is 25.8 Å². The lowest BCUT2D eigenvalue weighted by Gasteiger charge is -2.28. The number of piperidine rings is 1. The van der Waals surface area contributed by atoms with E-state index in [1.54, 1.807) is 12.1 Å². The molecule has 1 aliphatic heterocycles. The second-order valence-corrected chi connectivity index (χ2v) is 5.25. The molecule has 94 valence electrons. The molecule has 1 aromatic rings. The molecule has 0 aromatic carbocycles. The number of amides is 1. The van der Waals surface area contributed by atoms with Crippen LogP contribution in [0.3, 0.4) is 0 Å². The van der Waals surface area contributed by atoms with Crippen molar-refractivity contribution in [3.8, 4) is 0 Å². The standard InChI is InChI=1S/C12H17BrN2O2/c1-8(9-3-2-6-14-7-9)15-12(16)10-4-5-11(13)17-10/h4-5,8-9,14H,2-3,6-7H2,1H3,(H,15,16). The molecule has 17 heavy (non-hydrogen) atoms. The van der Waals surface area contributed by atoms with E-state index in [4.69, 9.17) is 4.42 Å². The van der Waals surface area contributed by atoms with Crippen LogP contribution in [0.15, 0.2) is 21.2 Å². The SMILES string of the molecule is CC(NC(=O)c1ccc(Br)o1)C1CCCNC1. The molecule has 1 aromatic heterocycles. The van der Waals surface area contributed by atoms with Gasteiger partial charge in [-0.2, -0.15) is 0 Å². The first-order valence-electron chi connectivity index (χ1n) is 5.94. The van der Waals surface area contributed by atoms with Gasteiger partial charge in [-0.3, -0.25) is 4.79 Å². The molecule has 2 atom stereocenters. The first kappa shape index (κ1) is 12.6. The molecule has 1 amide bonds. The molecule has 2 rings (SSSR count). The maximum atomic E-state index is 11.9. The van der Waals surface area contributed by atoms with Crippen LogP contribution in [0.25, 0.3) is 0 Å². The third-order valence-corrected chi connectivity index (χ3v) is 3.62. The maximum Gasteiger partial charge on any atom is 0.287 e. The Kier molecular flexibility index (Phi) is 4.23. The second-order valence-electron chi connectivity index (χ2n) is 4.47. The first-order chi connectivity index (χ1) is 8.16. The van der Waals surface area contributed by atoms with Crippen molar-refractivity contribution in [1.29, 1.82) is 0 Å². The molecule has 4 nitrogen and oxygen atoms in total. The van der Waals surface area contributed by atoms with E-state index >= 15 is 0 Å². The van der Waals surface area contributed by atoms with Gasteiger partial charge in [-0.1, -0.05) is 0 Å². The zero-order chi connectivity index (χ0) is 12.3. The van der Waals surface area contributed by atoms with Crippen LogP contribution in [0.5, 0.6) is 0 Å². The molecule has 5 heteroatoms. The fourth-order valence-corrected chi connectivity index (χ4v) is 2.44. The van der Waals surface area contributed by atoms with Gasteiger partial charge in [0.2, 0.25) is 0 Å². The van der Waals surface area contributed by atoms with Crippen LogP contribution < -0.4 is 10.6 Å². The summed E-state index contributed by atoms with van der Waals surface area (Å²) in [6.07, 6.45) is 2.34. The van der Waals surface area contributed by atoms with E-state index in [0.717, 1.165) is 19.5 Å². The Hall–Kier alpha value is -0.810. The molecule has 2 unspecified atom stereocenters. The molecule has 1 fully saturated rings. The van der Waals surface area contributed by atoms with Crippen LogP contribution in [0.4, 0.5) is 0 Å². The highest BCUT2D eigenvalue weighted by molar-refractivity contribution is 9.10. The van der Waals surface area contributed by atoms with Crippen LogP contribution in [-0.4, -0.2) is 25.0 Å². The van der Waals surface area contributed by atoms with E-state index in [2.05, 4.69) is 26.6 Å². The van der Waals surface area contributed by atoms with Crippen LogP contribution in [0.2, 0.25) is 0 Å². The van der Waals surface area contributed by atoms with Crippen molar-refractivity contribution in [2.24, 2.45) is 5.92 Å². The number of rotatable bonds is 3. The minimum atomic E-state index is -0.145. The van der Waals surface area contributed by atoms with E-state index in [0.29, 0.717) is 16.3 Å². The molecule has 0 radical (unpaired) electrons. The van der Waals surface area contributed by atoms with Crippen molar-refractivity contribution in [2.75, 3.05) is 13.1 Å². The molecule has 1 aliphatic rings. The summed E-state index contributed by atoms with van der Waals surface area (Å²) in [6, 6.07) is 3.56. The Labute approximate surface area is 109 Å². The number of furan rings is 1.